The average molecular weight is 438 g/mol. The van der Waals surface area contributed by atoms with Gasteiger partial charge >= 0.3 is 0 Å². The molecular weight excluding hydrogens is 406 g/mol. The highest BCUT2D eigenvalue weighted by Gasteiger charge is 2.18. The molecule has 0 aliphatic carbocycles. The molecule has 4 rings (SSSR count). The number of benzene rings is 2. The van der Waals surface area contributed by atoms with Gasteiger partial charge in [-0.2, -0.15) is 0 Å². The molecule has 7 heteroatoms. The van der Waals surface area contributed by atoms with Gasteiger partial charge in [0.25, 0.3) is 5.91 Å². The number of fused-ring (bicyclic) bond motifs is 1. The molecule has 0 atom stereocenters. The van der Waals surface area contributed by atoms with Gasteiger partial charge in [0.2, 0.25) is 0 Å². The lowest BCUT2D eigenvalue weighted by atomic mass is 10.2. The van der Waals surface area contributed by atoms with Crippen molar-refractivity contribution < 1.29 is 19.0 Å². The first-order valence-electron chi connectivity index (χ1n) is 11.1. The molecule has 0 unspecified atom stereocenters. The van der Waals surface area contributed by atoms with Gasteiger partial charge < -0.3 is 24.1 Å². The van der Waals surface area contributed by atoms with Crippen molar-refractivity contribution in [3.63, 3.8) is 0 Å². The van der Waals surface area contributed by atoms with Crippen LogP contribution < -0.4 is 10.1 Å². The number of nitrogens with one attached hydrogen (secondary N) is 1. The Morgan fingerprint density at radius 2 is 1.88 bits per heavy atom. The lowest BCUT2D eigenvalue weighted by molar-refractivity contribution is 0.0383. The summed E-state index contributed by atoms with van der Waals surface area (Å²) in [5.41, 5.74) is 2.69. The Bertz CT molecular complexity index is 1010. The van der Waals surface area contributed by atoms with Crippen molar-refractivity contribution >= 4 is 16.8 Å². The minimum absolute atomic E-state index is 0.0837. The van der Waals surface area contributed by atoms with E-state index >= 15 is 0 Å². The van der Waals surface area contributed by atoms with Crippen LogP contribution in [0.3, 0.4) is 0 Å². The molecule has 170 valence electrons. The van der Waals surface area contributed by atoms with Crippen LogP contribution in [0, 0.1) is 0 Å². The Balaban J connectivity index is 1.51. The standard InChI is InChI=1S/C25H31N3O4/c1-30-15-14-28-22-8-5-9-24(32-19-20-6-3-2-4-7-20)21(22)18-23(28)25(29)26-10-11-27-12-16-31-17-13-27/h2-9,18H,10-17,19H2,1H3,(H,26,29). The van der Waals surface area contributed by atoms with E-state index in [4.69, 9.17) is 14.2 Å². The molecule has 2 heterocycles. The average Bonchev–Trinajstić information content (AvgIpc) is 3.22. The van der Waals surface area contributed by atoms with Gasteiger partial charge in [-0.15, -0.1) is 0 Å². The smallest absolute Gasteiger partial charge is 0.267 e. The van der Waals surface area contributed by atoms with Crippen molar-refractivity contribution in [3.8, 4) is 5.75 Å². The molecule has 1 amide bonds. The van der Waals surface area contributed by atoms with Crippen LogP contribution in [0.1, 0.15) is 16.1 Å². The molecule has 1 fully saturated rings. The Kier molecular flexibility index (Phi) is 7.77. The first-order chi connectivity index (χ1) is 15.8. The van der Waals surface area contributed by atoms with Gasteiger partial charge in [0.15, 0.2) is 0 Å². The van der Waals surface area contributed by atoms with E-state index in [2.05, 4.69) is 10.2 Å². The molecule has 1 aromatic heterocycles. The van der Waals surface area contributed by atoms with Crippen molar-refractivity contribution in [2.45, 2.75) is 13.2 Å². The van der Waals surface area contributed by atoms with Crippen molar-refractivity contribution in [1.29, 1.82) is 0 Å². The molecule has 1 saturated heterocycles. The monoisotopic (exact) mass is 437 g/mol. The lowest BCUT2D eigenvalue weighted by Crippen LogP contribution is -2.41. The number of rotatable bonds is 10. The topological polar surface area (TPSA) is 65.0 Å². The number of morpholine rings is 1. The SMILES string of the molecule is COCCn1c(C(=O)NCCN2CCOCC2)cc2c(OCc3ccccc3)cccc21. The summed E-state index contributed by atoms with van der Waals surface area (Å²) >= 11 is 0. The fraction of sp³-hybridized carbons (Fsp3) is 0.400. The maximum atomic E-state index is 13.1. The molecule has 1 N–H and O–H groups in total. The van der Waals surface area contributed by atoms with Crippen LogP contribution in [0.5, 0.6) is 5.75 Å². The normalized spacial score (nSPS) is 14.5. The number of carbonyl (C=O) groups excluding carboxylic acids is 1. The van der Waals surface area contributed by atoms with Crippen molar-refractivity contribution in [2.24, 2.45) is 0 Å². The summed E-state index contributed by atoms with van der Waals surface area (Å²) in [5, 5.41) is 4.01. The zero-order chi connectivity index (χ0) is 22.2. The van der Waals surface area contributed by atoms with Gasteiger partial charge in [-0.1, -0.05) is 36.4 Å². The van der Waals surface area contributed by atoms with Crippen molar-refractivity contribution in [2.75, 3.05) is 53.1 Å². The van der Waals surface area contributed by atoms with E-state index in [1.807, 2.05) is 59.2 Å². The highest BCUT2D eigenvalue weighted by atomic mass is 16.5. The third-order valence-electron chi connectivity index (χ3n) is 5.71. The van der Waals surface area contributed by atoms with Crippen molar-refractivity contribution in [1.82, 2.24) is 14.8 Å². The van der Waals surface area contributed by atoms with Crippen LogP contribution >= 0.6 is 0 Å². The van der Waals surface area contributed by atoms with Gasteiger partial charge in [0.1, 0.15) is 18.1 Å². The van der Waals surface area contributed by atoms with Crippen LogP contribution in [0.2, 0.25) is 0 Å². The van der Waals surface area contributed by atoms with E-state index < -0.39 is 0 Å². The predicted molar refractivity (Wildman–Crippen MR) is 124 cm³/mol. The van der Waals surface area contributed by atoms with Crippen LogP contribution in [0.15, 0.2) is 54.6 Å². The highest BCUT2D eigenvalue weighted by molar-refractivity contribution is 6.00. The molecule has 7 nitrogen and oxygen atoms in total. The second kappa shape index (κ2) is 11.1. The minimum atomic E-state index is -0.0837. The second-order valence-electron chi connectivity index (χ2n) is 7.85. The highest BCUT2D eigenvalue weighted by Crippen LogP contribution is 2.30. The van der Waals surface area contributed by atoms with Gasteiger partial charge in [-0.25, -0.2) is 0 Å². The van der Waals surface area contributed by atoms with E-state index in [0.717, 1.165) is 55.1 Å². The molecule has 0 spiro atoms. The Morgan fingerprint density at radius 3 is 2.66 bits per heavy atom. The summed E-state index contributed by atoms with van der Waals surface area (Å²) in [6.07, 6.45) is 0. The molecular formula is C25H31N3O4. The Labute approximate surface area is 188 Å². The fourth-order valence-corrected chi connectivity index (χ4v) is 3.97. The molecule has 0 bridgehead atoms. The van der Waals surface area contributed by atoms with Crippen LogP contribution in [0.4, 0.5) is 0 Å². The molecule has 0 radical (unpaired) electrons. The molecule has 1 aliphatic heterocycles. The summed E-state index contributed by atoms with van der Waals surface area (Å²) < 4.78 is 18.8. The number of nitrogens with zero attached hydrogens (tertiary/aromatic N) is 2. The number of methoxy groups -OCH3 is 1. The molecule has 3 aromatic rings. The maximum absolute atomic E-state index is 13.1. The predicted octanol–water partition coefficient (Wildman–Crippen LogP) is 2.93. The van der Waals surface area contributed by atoms with E-state index in [1.54, 1.807) is 7.11 Å². The van der Waals surface area contributed by atoms with E-state index in [1.165, 1.54) is 0 Å². The number of amides is 1. The zero-order valence-electron chi connectivity index (χ0n) is 18.6. The fourth-order valence-electron chi connectivity index (χ4n) is 3.97. The Hall–Kier alpha value is -2.87. The molecule has 32 heavy (non-hydrogen) atoms. The quantitative estimate of drug-likeness (QED) is 0.528. The number of hydrogen-bond acceptors (Lipinski definition) is 5. The number of carbonyl (C=O) groups is 1. The van der Waals surface area contributed by atoms with Gasteiger partial charge in [-0.05, 0) is 23.8 Å². The first-order valence-corrected chi connectivity index (χ1v) is 11.1. The van der Waals surface area contributed by atoms with Crippen LogP contribution in [-0.4, -0.2) is 68.5 Å². The number of hydrogen-bond donors (Lipinski definition) is 1. The third kappa shape index (κ3) is 5.48. The summed E-state index contributed by atoms with van der Waals surface area (Å²) in [4.78, 5) is 15.4. The van der Waals surface area contributed by atoms with Crippen molar-refractivity contribution in [3.05, 3.63) is 65.9 Å². The largest absolute Gasteiger partial charge is 0.488 e. The van der Waals surface area contributed by atoms with Gasteiger partial charge in [-0.3, -0.25) is 9.69 Å². The van der Waals surface area contributed by atoms with E-state index in [9.17, 15) is 4.79 Å². The maximum Gasteiger partial charge on any atom is 0.267 e. The van der Waals surface area contributed by atoms with Gasteiger partial charge in [0.05, 0.1) is 25.3 Å². The van der Waals surface area contributed by atoms with Crippen LogP contribution in [-0.2, 0) is 22.6 Å². The molecule has 1 aliphatic rings. The minimum Gasteiger partial charge on any atom is -0.488 e. The van der Waals surface area contributed by atoms with Crippen LogP contribution in [0.25, 0.3) is 10.9 Å². The summed E-state index contributed by atoms with van der Waals surface area (Å²) in [5.74, 6) is 0.685. The second-order valence-corrected chi connectivity index (χ2v) is 7.85. The summed E-state index contributed by atoms with van der Waals surface area (Å²) in [7, 11) is 1.67. The molecule has 2 aromatic carbocycles. The lowest BCUT2D eigenvalue weighted by Gasteiger charge is -2.26. The summed E-state index contributed by atoms with van der Waals surface area (Å²) in [6, 6.07) is 17.9. The third-order valence-corrected chi connectivity index (χ3v) is 5.71. The Morgan fingerprint density at radius 1 is 1.06 bits per heavy atom. The van der Waals surface area contributed by atoms with E-state index in [-0.39, 0.29) is 5.91 Å². The number of ether oxygens (including phenoxy) is 3. The van der Waals surface area contributed by atoms with E-state index in [0.29, 0.717) is 32.0 Å². The molecule has 0 saturated carbocycles. The first kappa shape index (κ1) is 22.3. The number of aromatic nitrogens is 1. The van der Waals surface area contributed by atoms with Gasteiger partial charge in [0, 0.05) is 45.2 Å². The zero-order valence-corrected chi connectivity index (χ0v) is 18.6. The summed E-state index contributed by atoms with van der Waals surface area (Å²) in [6.45, 7) is 6.33.